The summed E-state index contributed by atoms with van der Waals surface area (Å²) >= 11 is 0. The summed E-state index contributed by atoms with van der Waals surface area (Å²) in [6.45, 7) is 1.05. The minimum absolute atomic E-state index is 0.0938. The van der Waals surface area contributed by atoms with E-state index in [-0.39, 0.29) is 6.42 Å². The summed E-state index contributed by atoms with van der Waals surface area (Å²) in [4.78, 5) is 18.9. The van der Waals surface area contributed by atoms with Gasteiger partial charge in [0, 0.05) is 18.7 Å². The Hall–Kier alpha value is -1.68. The van der Waals surface area contributed by atoms with Gasteiger partial charge in [0.25, 0.3) is 0 Å². The second-order valence-electron chi connectivity index (χ2n) is 3.12. The molecule has 0 bridgehead atoms. The maximum Gasteiger partial charge on any atom is 0.148 e. The average Bonchev–Trinajstić information content (AvgIpc) is 2.21. The van der Waals surface area contributed by atoms with E-state index in [2.05, 4.69) is 23.5 Å². The zero-order chi connectivity index (χ0) is 11.1. The van der Waals surface area contributed by atoms with Crippen molar-refractivity contribution < 1.29 is 14.7 Å². The van der Waals surface area contributed by atoms with Gasteiger partial charge in [-0.3, -0.25) is 0 Å². The molecule has 1 atom stereocenters. The Kier molecular flexibility index (Phi) is 4.50. The lowest BCUT2D eigenvalue weighted by Gasteiger charge is -2.19. The molecule has 0 saturated heterocycles. The Labute approximate surface area is 87.9 Å². The number of anilines is 1. The van der Waals surface area contributed by atoms with Crippen molar-refractivity contribution in [1.82, 2.24) is 0 Å². The first-order valence-corrected chi connectivity index (χ1v) is 4.66. The zero-order valence-electron chi connectivity index (χ0n) is 8.22. The predicted octanol–water partition coefficient (Wildman–Crippen LogP) is 0.747. The van der Waals surface area contributed by atoms with Crippen molar-refractivity contribution in [3.05, 3.63) is 29.8 Å². The fraction of sp³-hybridized carbons (Fsp3) is 0.273. The number of fused-ring (bicyclic) bond motifs is 1. The maximum atomic E-state index is 9.49. The van der Waals surface area contributed by atoms with Crippen molar-refractivity contribution in [2.24, 2.45) is 0 Å². The van der Waals surface area contributed by atoms with Crippen LogP contribution >= 0.6 is 0 Å². The number of nitrogens with one attached hydrogen (secondary N) is 1. The van der Waals surface area contributed by atoms with E-state index >= 15 is 0 Å². The molecular weight excluding hydrogens is 194 g/mol. The molecule has 1 aromatic rings. The van der Waals surface area contributed by atoms with Crippen molar-refractivity contribution >= 4 is 18.3 Å². The van der Waals surface area contributed by atoms with Crippen LogP contribution in [0, 0.1) is 0 Å². The lowest BCUT2D eigenvalue weighted by Crippen LogP contribution is -2.12. The molecule has 0 fully saturated rings. The molecule has 2 N–H and O–H groups in total. The summed E-state index contributed by atoms with van der Waals surface area (Å²) in [5.41, 5.74) is 2.74. The number of benzene rings is 1. The van der Waals surface area contributed by atoms with Crippen molar-refractivity contribution in [3.8, 4) is 0 Å². The lowest BCUT2D eigenvalue weighted by molar-refractivity contribution is -0.119. The van der Waals surface area contributed by atoms with Gasteiger partial charge in [0.1, 0.15) is 18.7 Å². The first-order chi connectivity index (χ1) is 7.27. The molecule has 15 heavy (non-hydrogen) atoms. The Morgan fingerprint density at radius 2 is 2.13 bits per heavy atom. The molecule has 2 rings (SSSR count). The van der Waals surface area contributed by atoms with Crippen LogP contribution in [0.25, 0.3) is 0 Å². The van der Waals surface area contributed by atoms with Crippen LogP contribution in [0.15, 0.2) is 24.3 Å². The Bertz CT molecular complexity index is 315. The second kappa shape index (κ2) is 5.93. The highest BCUT2D eigenvalue weighted by molar-refractivity contribution is 5.63. The van der Waals surface area contributed by atoms with Crippen molar-refractivity contribution in [1.29, 1.82) is 0 Å². The van der Waals surface area contributed by atoms with Gasteiger partial charge in [-0.1, -0.05) is 18.2 Å². The molecule has 1 aromatic carbocycles. The topological polar surface area (TPSA) is 66.4 Å². The summed E-state index contributed by atoms with van der Waals surface area (Å²) in [5, 5.41) is 11.4. The van der Waals surface area contributed by atoms with Gasteiger partial charge in [0.2, 0.25) is 0 Å². The number of carbonyl (C=O) groups is 2. The highest BCUT2D eigenvalue weighted by atomic mass is 16.3. The summed E-state index contributed by atoms with van der Waals surface area (Å²) in [5.74, 6) is 0. The van der Waals surface area contributed by atoms with Crippen LogP contribution in [0.5, 0.6) is 0 Å². The first kappa shape index (κ1) is 11.4. The van der Waals surface area contributed by atoms with Gasteiger partial charge in [-0.15, -0.1) is 0 Å². The molecule has 0 saturated carbocycles. The van der Waals surface area contributed by atoms with E-state index in [1.807, 2.05) is 6.07 Å². The van der Waals surface area contributed by atoms with Gasteiger partial charge in [-0.05, 0) is 11.6 Å². The van der Waals surface area contributed by atoms with Crippen molar-refractivity contribution in [2.45, 2.75) is 19.1 Å². The van der Waals surface area contributed by atoms with Crippen LogP contribution in [0.2, 0.25) is 0 Å². The molecular formula is C11H13NO3. The fourth-order valence-electron chi connectivity index (χ4n) is 1.08. The smallest absolute Gasteiger partial charge is 0.148 e. The minimum Gasteiger partial charge on any atom is -0.385 e. The normalized spacial score (nSPS) is 13.1. The van der Waals surface area contributed by atoms with Crippen LogP contribution in [-0.2, 0) is 16.1 Å². The Balaban J connectivity index is 0.000000153. The number of rotatable bonds is 3. The molecule has 0 spiro atoms. The zero-order valence-corrected chi connectivity index (χ0v) is 8.22. The van der Waals surface area contributed by atoms with Crippen LogP contribution in [0.4, 0.5) is 5.69 Å². The standard InChI is InChI=1S/C7H7N.C4H6O3/c1-2-4-7-6(3-1)5-8-7;5-2-1-4(7)3-6/h1-4,8H,5H2;2-4,7H,1H2. The molecule has 1 heterocycles. The average molecular weight is 207 g/mol. The molecule has 0 aliphatic carbocycles. The number of para-hydroxylation sites is 1. The van der Waals surface area contributed by atoms with E-state index in [0.717, 1.165) is 6.54 Å². The number of hydrogen-bond donors (Lipinski definition) is 2. The summed E-state index contributed by atoms with van der Waals surface area (Å²) in [6, 6.07) is 8.36. The van der Waals surface area contributed by atoms with E-state index in [1.54, 1.807) is 0 Å². The van der Waals surface area contributed by atoms with E-state index in [0.29, 0.717) is 12.6 Å². The highest BCUT2D eigenvalue weighted by Crippen LogP contribution is 2.23. The fourth-order valence-corrected chi connectivity index (χ4v) is 1.08. The quantitative estimate of drug-likeness (QED) is 0.718. The number of aldehydes is 2. The minimum atomic E-state index is -1.10. The molecule has 4 heteroatoms. The van der Waals surface area contributed by atoms with Gasteiger partial charge in [-0.2, -0.15) is 0 Å². The summed E-state index contributed by atoms with van der Waals surface area (Å²) < 4.78 is 0. The Morgan fingerprint density at radius 1 is 1.40 bits per heavy atom. The van der Waals surface area contributed by atoms with Gasteiger partial charge < -0.3 is 20.0 Å². The third-order valence-corrected chi connectivity index (χ3v) is 1.98. The van der Waals surface area contributed by atoms with E-state index in [4.69, 9.17) is 5.11 Å². The first-order valence-electron chi connectivity index (χ1n) is 4.66. The maximum absolute atomic E-state index is 9.49. The van der Waals surface area contributed by atoms with Crippen LogP contribution in [0.1, 0.15) is 12.0 Å². The molecule has 0 amide bonds. The van der Waals surface area contributed by atoms with Crippen molar-refractivity contribution in [2.75, 3.05) is 5.32 Å². The van der Waals surface area contributed by atoms with Gasteiger partial charge in [-0.25, -0.2) is 0 Å². The van der Waals surface area contributed by atoms with E-state index < -0.39 is 6.10 Å². The molecule has 1 aliphatic heterocycles. The molecule has 0 radical (unpaired) electrons. The van der Waals surface area contributed by atoms with E-state index in [9.17, 15) is 9.59 Å². The van der Waals surface area contributed by atoms with E-state index in [1.165, 1.54) is 11.3 Å². The van der Waals surface area contributed by atoms with Crippen LogP contribution in [-0.4, -0.2) is 23.8 Å². The SMILES string of the molecule is O=CCC(O)C=O.c1ccc2c(c1)CN2. The molecule has 0 aromatic heterocycles. The molecule has 1 aliphatic rings. The monoisotopic (exact) mass is 207 g/mol. The van der Waals surface area contributed by atoms with Crippen LogP contribution < -0.4 is 5.32 Å². The second-order valence-corrected chi connectivity index (χ2v) is 3.12. The molecule has 80 valence electrons. The van der Waals surface area contributed by atoms with Crippen LogP contribution in [0.3, 0.4) is 0 Å². The number of aliphatic hydroxyl groups excluding tert-OH is 1. The molecule has 4 nitrogen and oxygen atoms in total. The molecule has 1 unspecified atom stereocenters. The number of aliphatic hydroxyl groups is 1. The van der Waals surface area contributed by atoms with Gasteiger partial charge >= 0.3 is 0 Å². The van der Waals surface area contributed by atoms with Gasteiger partial charge in [0.15, 0.2) is 0 Å². The summed E-state index contributed by atoms with van der Waals surface area (Å²) in [6.07, 6.45) is -0.366. The predicted molar refractivity (Wildman–Crippen MR) is 56.5 cm³/mol. The Morgan fingerprint density at radius 3 is 2.40 bits per heavy atom. The highest BCUT2D eigenvalue weighted by Gasteiger charge is 2.07. The van der Waals surface area contributed by atoms with Gasteiger partial charge in [0.05, 0.1) is 0 Å². The number of carbonyl (C=O) groups excluding carboxylic acids is 2. The third kappa shape index (κ3) is 3.52. The summed E-state index contributed by atoms with van der Waals surface area (Å²) in [7, 11) is 0. The largest absolute Gasteiger partial charge is 0.385 e. The third-order valence-electron chi connectivity index (χ3n) is 1.98. The number of hydrogen-bond acceptors (Lipinski definition) is 4. The lowest BCUT2D eigenvalue weighted by atomic mass is 10.1. The van der Waals surface area contributed by atoms with Crippen molar-refractivity contribution in [3.63, 3.8) is 0 Å².